The second-order valence-corrected chi connectivity index (χ2v) is 4.96. The van der Waals surface area contributed by atoms with Crippen LogP contribution in [0.4, 0.5) is 0 Å². The van der Waals surface area contributed by atoms with Gasteiger partial charge < -0.3 is 10.3 Å². The molecular weight excluding hydrogens is 304 g/mol. The number of nitrogens with zero attached hydrogens (tertiary/aromatic N) is 3. The lowest BCUT2D eigenvalue weighted by Crippen LogP contribution is -2.10. The number of aliphatic imine (C=N–C) groups is 2. The van der Waals surface area contributed by atoms with Crippen molar-refractivity contribution in [2.24, 2.45) is 15.7 Å². The molecule has 0 aliphatic carbocycles. The van der Waals surface area contributed by atoms with Crippen molar-refractivity contribution in [1.29, 1.82) is 0 Å². The van der Waals surface area contributed by atoms with Crippen molar-refractivity contribution < 1.29 is 0 Å². The molecule has 0 fully saturated rings. The van der Waals surface area contributed by atoms with Gasteiger partial charge in [0.15, 0.2) is 0 Å². The number of hydrogen-bond acceptors (Lipinski definition) is 3. The summed E-state index contributed by atoms with van der Waals surface area (Å²) in [5.74, 6) is 0.742. The molecule has 0 spiro atoms. The van der Waals surface area contributed by atoms with Crippen molar-refractivity contribution in [3.63, 3.8) is 0 Å². The van der Waals surface area contributed by atoms with E-state index >= 15 is 0 Å². The van der Waals surface area contributed by atoms with Gasteiger partial charge in [-0.2, -0.15) is 0 Å². The number of halogens is 1. The zero-order valence-corrected chi connectivity index (χ0v) is 12.3. The summed E-state index contributed by atoms with van der Waals surface area (Å²) in [6.45, 7) is 5.73. The summed E-state index contributed by atoms with van der Waals surface area (Å²) in [7, 11) is 0. The van der Waals surface area contributed by atoms with Gasteiger partial charge in [0.05, 0.1) is 12.2 Å². The average molecular weight is 319 g/mol. The van der Waals surface area contributed by atoms with E-state index in [-0.39, 0.29) is 6.67 Å². The molecule has 1 aromatic carbocycles. The molecule has 0 saturated carbocycles. The first-order valence-corrected chi connectivity index (χ1v) is 6.61. The van der Waals surface area contributed by atoms with Gasteiger partial charge in [-0.1, -0.05) is 22.0 Å². The number of rotatable bonds is 3. The maximum atomic E-state index is 5.53. The quantitative estimate of drug-likeness (QED) is 0.686. The van der Waals surface area contributed by atoms with E-state index in [1.54, 1.807) is 12.3 Å². The van der Waals surface area contributed by atoms with Crippen LogP contribution in [0.15, 0.2) is 51.1 Å². The summed E-state index contributed by atoms with van der Waals surface area (Å²) < 4.78 is 3.03. The molecule has 0 radical (unpaired) electrons. The fourth-order valence-electron chi connectivity index (χ4n) is 1.98. The van der Waals surface area contributed by atoms with E-state index in [0.29, 0.717) is 0 Å². The predicted molar refractivity (Wildman–Crippen MR) is 85.0 cm³/mol. The highest BCUT2D eigenvalue weighted by Gasteiger charge is 2.08. The summed E-state index contributed by atoms with van der Waals surface area (Å²) >= 11 is 3.49. The maximum Gasteiger partial charge on any atom is 0.135 e. The van der Waals surface area contributed by atoms with Gasteiger partial charge in [-0.25, -0.2) is 0 Å². The highest BCUT2D eigenvalue weighted by atomic mass is 79.9. The van der Waals surface area contributed by atoms with Crippen LogP contribution in [0.2, 0.25) is 0 Å². The third-order valence-corrected chi connectivity index (χ3v) is 3.29. The lowest BCUT2D eigenvalue weighted by molar-refractivity contribution is 1.04. The normalized spacial score (nSPS) is 12.5. The van der Waals surface area contributed by atoms with E-state index < -0.39 is 0 Å². The Morgan fingerprint density at radius 2 is 2.32 bits per heavy atom. The van der Waals surface area contributed by atoms with E-state index in [1.165, 1.54) is 10.9 Å². The molecule has 5 heteroatoms. The molecule has 0 aliphatic heterocycles. The zero-order chi connectivity index (χ0) is 13.8. The third-order valence-electron chi connectivity index (χ3n) is 2.80. The maximum absolute atomic E-state index is 5.53. The van der Waals surface area contributed by atoms with Crippen molar-refractivity contribution in [3.05, 3.63) is 46.7 Å². The van der Waals surface area contributed by atoms with Crippen LogP contribution in [0.25, 0.3) is 10.9 Å². The number of aromatic nitrogens is 1. The van der Waals surface area contributed by atoms with Crippen molar-refractivity contribution in [1.82, 2.24) is 4.57 Å². The summed E-state index contributed by atoms with van der Waals surface area (Å²) in [5, 5.41) is 1.19. The SMILES string of the molecule is C=N/C=C\C(=N/CN)n1cc(C)c2ccc(Br)cc21. The molecule has 1 aromatic heterocycles. The Morgan fingerprint density at radius 3 is 3.00 bits per heavy atom. The van der Waals surface area contributed by atoms with Crippen LogP contribution in [0, 0.1) is 6.92 Å². The minimum atomic E-state index is 0.226. The number of benzene rings is 1. The fourth-order valence-corrected chi connectivity index (χ4v) is 2.33. The molecule has 0 aliphatic rings. The lowest BCUT2D eigenvalue weighted by Gasteiger charge is -2.05. The predicted octanol–water partition coefficient (Wildman–Crippen LogP) is 3.09. The van der Waals surface area contributed by atoms with Gasteiger partial charge in [-0.05, 0) is 37.4 Å². The van der Waals surface area contributed by atoms with E-state index in [4.69, 9.17) is 5.73 Å². The summed E-state index contributed by atoms with van der Waals surface area (Å²) in [6, 6.07) is 6.17. The Balaban J connectivity index is 2.66. The molecule has 2 aromatic rings. The van der Waals surface area contributed by atoms with Crippen LogP contribution in [-0.4, -0.2) is 23.8 Å². The molecule has 0 saturated heterocycles. The molecule has 19 heavy (non-hydrogen) atoms. The average Bonchev–Trinajstić information content (AvgIpc) is 2.71. The molecular formula is C14H15BrN4. The van der Waals surface area contributed by atoms with Gasteiger partial charge in [-0.3, -0.25) is 9.98 Å². The van der Waals surface area contributed by atoms with Gasteiger partial charge in [0.1, 0.15) is 5.84 Å². The molecule has 0 atom stereocenters. The standard InChI is InChI=1S/C14H15BrN4/c1-10-8-19(14(18-9-16)5-6-17-2)13-7-11(15)3-4-12(10)13/h3-8H,2,9,16H2,1H3/b6-5-,18-14+. The first-order chi connectivity index (χ1) is 9.17. The number of hydrogen-bond donors (Lipinski definition) is 1. The van der Waals surface area contributed by atoms with Crippen molar-refractivity contribution in [2.45, 2.75) is 6.92 Å². The molecule has 1 heterocycles. The molecule has 0 amide bonds. The zero-order valence-electron chi connectivity index (χ0n) is 10.7. The van der Waals surface area contributed by atoms with E-state index in [0.717, 1.165) is 15.8 Å². The van der Waals surface area contributed by atoms with Crippen LogP contribution in [0.3, 0.4) is 0 Å². The first kappa shape index (κ1) is 13.7. The minimum absolute atomic E-state index is 0.226. The Bertz CT molecular complexity index is 667. The van der Waals surface area contributed by atoms with Crippen LogP contribution < -0.4 is 5.73 Å². The fraction of sp³-hybridized carbons (Fsp3) is 0.143. The molecule has 0 unspecified atom stereocenters. The molecule has 2 rings (SSSR count). The smallest absolute Gasteiger partial charge is 0.135 e. The van der Waals surface area contributed by atoms with Crippen molar-refractivity contribution >= 4 is 39.4 Å². The lowest BCUT2D eigenvalue weighted by atomic mass is 10.2. The molecule has 2 N–H and O–H groups in total. The Morgan fingerprint density at radius 1 is 1.53 bits per heavy atom. The number of allylic oxidation sites excluding steroid dienone is 1. The van der Waals surface area contributed by atoms with E-state index in [2.05, 4.69) is 51.7 Å². The second kappa shape index (κ2) is 5.95. The Hall–Kier alpha value is -1.72. The summed E-state index contributed by atoms with van der Waals surface area (Å²) in [6.07, 6.45) is 5.44. The first-order valence-electron chi connectivity index (χ1n) is 5.82. The van der Waals surface area contributed by atoms with Gasteiger partial charge in [0.2, 0.25) is 0 Å². The van der Waals surface area contributed by atoms with E-state index in [9.17, 15) is 0 Å². The number of nitrogens with two attached hydrogens (primary N) is 1. The monoisotopic (exact) mass is 318 g/mol. The molecule has 4 nitrogen and oxygen atoms in total. The molecule has 0 bridgehead atoms. The topological polar surface area (TPSA) is 55.7 Å². The Labute approximate surface area is 120 Å². The largest absolute Gasteiger partial charge is 0.312 e. The third kappa shape index (κ3) is 2.83. The van der Waals surface area contributed by atoms with Crippen LogP contribution >= 0.6 is 15.9 Å². The highest BCUT2D eigenvalue weighted by Crippen LogP contribution is 2.24. The van der Waals surface area contributed by atoms with Crippen molar-refractivity contribution in [3.8, 4) is 0 Å². The minimum Gasteiger partial charge on any atom is -0.312 e. The summed E-state index contributed by atoms with van der Waals surface area (Å²) in [4.78, 5) is 8.01. The number of fused-ring (bicyclic) bond motifs is 1. The number of aryl methyl sites for hydroxylation is 1. The van der Waals surface area contributed by atoms with Crippen LogP contribution in [0.5, 0.6) is 0 Å². The second-order valence-electron chi connectivity index (χ2n) is 4.04. The summed E-state index contributed by atoms with van der Waals surface area (Å²) in [5.41, 5.74) is 7.79. The van der Waals surface area contributed by atoms with Gasteiger partial charge in [0, 0.05) is 22.3 Å². The van der Waals surface area contributed by atoms with Gasteiger partial charge in [-0.15, -0.1) is 0 Å². The molecule has 98 valence electrons. The van der Waals surface area contributed by atoms with Crippen molar-refractivity contribution in [2.75, 3.05) is 6.67 Å². The van der Waals surface area contributed by atoms with Crippen LogP contribution in [0.1, 0.15) is 5.56 Å². The van der Waals surface area contributed by atoms with Gasteiger partial charge >= 0.3 is 0 Å². The highest BCUT2D eigenvalue weighted by molar-refractivity contribution is 9.10. The van der Waals surface area contributed by atoms with Crippen LogP contribution in [-0.2, 0) is 0 Å². The van der Waals surface area contributed by atoms with Gasteiger partial charge in [0.25, 0.3) is 0 Å². The van der Waals surface area contributed by atoms with E-state index in [1.807, 2.05) is 16.8 Å². The Kier molecular flexibility index (Phi) is 4.29.